The number of anilines is 3. The van der Waals surface area contributed by atoms with Crippen molar-refractivity contribution in [3.05, 3.63) is 328 Å². The fourth-order valence-electron chi connectivity index (χ4n) is 13.6. The molecule has 0 atom stereocenters. The van der Waals surface area contributed by atoms with Crippen molar-refractivity contribution in [1.29, 1.82) is 0 Å². The highest BCUT2D eigenvalue weighted by molar-refractivity contribution is 6.14. The van der Waals surface area contributed by atoms with Crippen LogP contribution in [0.2, 0.25) is 0 Å². The zero-order chi connectivity index (χ0) is 56.7. The number of hydrogen-bond donors (Lipinski definition) is 0. The van der Waals surface area contributed by atoms with Gasteiger partial charge in [-0.25, -0.2) is 0 Å². The summed E-state index contributed by atoms with van der Waals surface area (Å²) in [7, 11) is 0. The third kappa shape index (κ3) is 8.07. The van der Waals surface area contributed by atoms with E-state index in [1.807, 2.05) is 0 Å². The number of rotatable bonds is 10. The lowest BCUT2D eigenvalue weighted by atomic mass is 9.95. The second-order valence-electron chi connectivity index (χ2n) is 22.4. The molecule has 0 fully saturated rings. The van der Waals surface area contributed by atoms with Crippen molar-refractivity contribution in [3.8, 4) is 61.6 Å². The third-order valence-corrected chi connectivity index (χ3v) is 17.7. The van der Waals surface area contributed by atoms with Gasteiger partial charge < -0.3 is 18.6 Å². The van der Waals surface area contributed by atoms with Crippen LogP contribution < -0.4 is 4.90 Å². The first-order chi connectivity index (χ1) is 42.7. The van der Waals surface area contributed by atoms with Crippen LogP contribution in [0.25, 0.3) is 138 Å². The largest absolute Gasteiger partial charge is 0.310 e. The van der Waals surface area contributed by atoms with Gasteiger partial charge in [-0.05, 0) is 153 Å². The number of para-hydroxylation sites is 6. The van der Waals surface area contributed by atoms with Gasteiger partial charge in [-0.3, -0.25) is 0 Å². The summed E-state index contributed by atoms with van der Waals surface area (Å²) in [6, 6.07) is 120. The van der Waals surface area contributed by atoms with Crippen molar-refractivity contribution in [2.24, 2.45) is 0 Å². The molecule has 3 heterocycles. The molecule has 4 heteroatoms. The van der Waals surface area contributed by atoms with Crippen molar-refractivity contribution in [3.63, 3.8) is 0 Å². The minimum absolute atomic E-state index is 1.07. The maximum atomic E-state index is 2.43. The van der Waals surface area contributed by atoms with Crippen molar-refractivity contribution in [2.75, 3.05) is 4.90 Å². The Morgan fingerprint density at radius 3 is 0.942 bits per heavy atom. The standard InChI is InChI=1S/C82H54N4/c1-3-17-62(18-4-1)85-78-29-15-11-25-72(78)74-49-41-60(53-81(74)85)59-33-31-55(32-34-59)56-35-43-64(44-36-56)83(65-45-37-57(38-46-65)58-39-47-66(48-40-58)84-76-27-13-9-23-70(76)71-24-10-14-28-77(71)84)80-52-51-67(68-21-7-8-22-69(68)80)61-42-50-75-73-26-12-16-30-79(73)86(82(75)54-61)63-19-5-2-6-20-63/h1-54H. The van der Waals surface area contributed by atoms with Gasteiger partial charge in [-0.2, -0.15) is 0 Å². The van der Waals surface area contributed by atoms with E-state index in [4.69, 9.17) is 0 Å². The van der Waals surface area contributed by atoms with Crippen molar-refractivity contribution < 1.29 is 0 Å². The smallest absolute Gasteiger partial charge is 0.0547 e. The highest BCUT2D eigenvalue weighted by Gasteiger charge is 2.21. The molecule has 17 rings (SSSR count). The maximum Gasteiger partial charge on any atom is 0.0547 e. The van der Waals surface area contributed by atoms with Gasteiger partial charge in [0.25, 0.3) is 0 Å². The van der Waals surface area contributed by atoms with Crippen LogP contribution in [0.5, 0.6) is 0 Å². The summed E-state index contributed by atoms with van der Waals surface area (Å²) >= 11 is 0. The molecular formula is C82H54N4. The summed E-state index contributed by atoms with van der Waals surface area (Å²) in [5.41, 5.74) is 23.3. The SMILES string of the molecule is c1ccc(-n2c3ccccc3c3ccc(-c4ccc(-c5ccc(N(c6ccc(-c7ccc(-n8c9ccccc9c9ccccc98)cc7)cc6)c6ccc(-c7ccc8c9ccccc9n(-c9ccccc9)c8c7)c7ccccc67)cc5)cc4)cc32)cc1. The second kappa shape index (κ2) is 20.2. The molecule has 0 aliphatic heterocycles. The molecule has 0 bridgehead atoms. The molecule has 402 valence electrons. The molecule has 0 saturated carbocycles. The minimum Gasteiger partial charge on any atom is -0.310 e. The van der Waals surface area contributed by atoms with E-state index < -0.39 is 0 Å². The molecule has 0 aliphatic carbocycles. The quantitative estimate of drug-likeness (QED) is 0.133. The van der Waals surface area contributed by atoms with Crippen molar-refractivity contribution >= 4 is 93.3 Å². The lowest BCUT2D eigenvalue weighted by Crippen LogP contribution is -2.10. The van der Waals surface area contributed by atoms with E-state index in [1.54, 1.807) is 0 Å². The highest BCUT2D eigenvalue weighted by atomic mass is 15.1. The first kappa shape index (κ1) is 49.2. The molecule has 0 unspecified atom stereocenters. The van der Waals surface area contributed by atoms with Crippen LogP contribution in [0.1, 0.15) is 0 Å². The summed E-state index contributed by atoms with van der Waals surface area (Å²) in [4.78, 5) is 2.43. The predicted molar refractivity (Wildman–Crippen MR) is 363 cm³/mol. The number of aromatic nitrogens is 3. The van der Waals surface area contributed by atoms with Gasteiger partial charge in [0.1, 0.15) is 0 Å². The summed E-state index contributed by atoms with van der Waals surface area (Å²) in [6.07, 6.45) is 0. The highest BCUT2D eigenvalue weighted by Crippen LogP contribution is 2.45. The van der Waals surface area contributed by atoms with Crippen LogP contribution in [0.4, 0.5) is 17.1 Å². The Labute approximate surface area is 498 Å². The lowest BCUT2D eigenvalue weighted by Gasteiger charge is -2.28. The summed E-state index contributed by atoms with van der Waals surface area (Å²) in [5, 5.41) is 9.88. The molecule has 0 N–H and O–H groups in total. The van der Waals surface area contributed by atoms with Gasteiger partial charge in [0.05, 0.1) is 38.8 Å². The van der Waals surface area contributed by atoms with Gasteiger partial charge in [0.15, 0.2) is 0 Å². The Bertz CT molecular complexity index is 5370. The van der Waals surface area contributed by atoms with E-state index in [-0.39, 0.29) is 0 Å². The fourth-order valence-corrected chi connectivity index (χ4v) is 13.6. The molecule has 14 aromatic carbocycles. The minimum atomic E-state index is 1.07. The fraction of sp³-hybridized carbons (Fsp3) is 0. The molecule has 0 radical (unpaired) electrons. The molecule has 0 aliphatic rings. The monoisotopic (exact) mass is 1090 g/mol. The second-order valence-corrected chi connectivity index (χ2v) is 22.4. The topological polar surface area (TPSA) is 18.0 Å². The average Bonchev–Trinajstić information content (AvgIpc) is 1.87. The van der Waals surface area contributed by atoms with Crippen LogP contribution in [0.3, 0.4) is 0 Å². The van der Waals surface area contributed by atoms with Crippen molar-refractivity contribution in [2.45, 2.75) is 0 Å². The summed E-state index contributed by atoms with van der Waals surface area (Å²) in [6.45, 7) is 0. The predicted octanol–water partition coefficient (Wildman–Crippen LogP) is 22.3. The normalized spacial score (nSPS) is 11.7. The van der Waals surface area contributed by atoms with Gasteiger partial charge >= 0.3 is 0 Å². The van der Waals surface area contributed by atoms with Gasteiger partial charge in [-0.15, -0.1) is 0 Å². The molecule has 0 spiro atoms. The Balaban J connectivity index is 0.746. The Hall–Kier alpha value is -11.5. The molecule has 0 amide bonds. The number of fused-ring (bicyclic) bond motifs is 10. The summed E-state index contributed by atoms with van der Waals surface area (Å²) in [5.74, 6) is 0. The van der Waals surface area contributed by atoms with Gasteiger partial charge in [0, 0.05) is 66.1 Å². The van der Waals surface area contributed by atoms with E-state index >= 15 is 0 Å². The van der Waals surface area contributed by atoms with E-state index in [0.717, 1.165) is 56.4 Å². The zero-order valence-corrected chi connectivity index (χ0v) is 47.0. The third-order valence-electron chi connectivity index (χ3n) is 17.7. The first-order valence-electron chi connectivity index (χ1n) is 29.6. The Kier molecular flexibility index (Phi) is 11.5. The molecular weight excluding hydrogens is 1040 g/mol. The van der Waals surface area contributed by atoms with Crippen LogP contribution in [-0.2, 0) is 0 Å². The molecule has 17 aromatic rings. The zero-order valence-electron chi connectivity index (χ0n) is 47.0. The number of hydrogen-bond acceptors (Lipinski definition) is 1. The van der Waals surface area contributed by atoms with Crippen LogP contribution in [0.15, 0.2) is 328 Å². The molecule has 4 nitrogen and oxygen atoms in total. The number of benzene rings is 14. The van der Waals surface area contributed by atoms with E-state index in [0.29, 0.717) is 0 Å². The van der Waals surface area contributed by atoms with Crippen LogP contribution >= 0.6 is 0 Å². The summed E-state index contributed by atoms with van der Waals surface area (Å²) < 4.78 is 7.17. The molecule has 86 heavy (non-hydrogen) atoms. The first-order valence-corrected chi connectivity index (χ1v) is 29.6. The molecule has 3 aromatic heterocycles. The van der Waals surface area contributed by atoms with E-state index in [1.165, 1.54) is 98.4 Å². The van der Waals surface area contributed by atoms with Crippen LogP contribution in [0, 0.1) is 0 Å². The lowest BCUT2D eigenvalue weighted by molar-refractivity contribution is 1.18. The van der Waals surface area contributed by atoms with Crippen molar-refractivity contribution in [1.82, 2.24) is 13.7 Å². The average molecular weight is 1100 g/mol. The van der Waals surface area contributed by atoms with E-state index in [2.05, 4.69) is 346 Å². The van der Waals surface area contributed by atoms with Crippen LogP contribution in [-0.4, -0.2) is 13.7 Å². The molecule has 0 saturated heterocycles. The van der Waals surface area contributed by atoms with Gasteiger partial charge in [-0.1, -0.05) is 224 Å². The Morgan fingerprint density at radius 1 is 0.186 bits per heavy atom. The van der Waals surface area contributed by atoms with Gasteiger partial charge in [0.2, 0.25) is 0 Å². The Morgan fingerprint density at radius 2 is 0.488 bits per heavy atom. The van der Waals surface area contributed by atoms with E-state index in [9.17, 15) is 0 Å². The maximum absolute atomic E-state index is 2.43. The number of nitrogens with zero attached hydrogens (tertiary/aromatic N) is 4.